The van der Waals surface area contributed by atoms with E-state index in [1.807, 2.05) is 18.0 Å². The topological polar surface area (TPSA) is 52.6 Å². The van der Waals surface area contributed by atoms with Crippen molar-refractivity contribution in [2.24, 2.45) is 0 Å². The monoisotopic (exact) mass is 261 g/mol. The van der Waals surface area contributed by atoms with Gasteiger partial charge in [-0.05, 0) is 13.1 Å². The zero-order valence-corrected chi connectivity index (χ0v) is 11.2. The molecule has 102 valence electrons. The Bertz CT molecular complexity index is 452. The molecule has 2 aliphatic heterocycles. The molecule has 0 saturated carbocycles. The molecular weight excluding hydrogens is 242 g/mol. The number of amides is 1. The molecule has 19 heavy (non-hydrogen) atoms. The number of hydrogen-bond donors (Lipinski definition) is 0. The fraction of sp³-hybridized carbons (Fsp3) is 0.615. The lowest BCUT2D eigenvalue weighted by Gasteiger charge is -2.46. The van der Waals surface area contributed by atoms with Crippen LogP contribution >= 0.6 is 0 Å². The van der Waals surface area contributed by atoms with Gasteiger partial charge in [-0.1, -0.05) is 0 Å². The highest BCUT2D eigenvalue weighted by molar-refractivity contribution is 5.79. The zero-order chi connectivity index (χ0) is 13.2. The van der Waals surface area contributed by atoms with Crippen LogP contribution in [0.3, 0.4) is 0 Å². The number of piperazine rings is 2. The third kappa shape index (κ3) is 2.74. The lowest BCUT2D eigenvalue weighted by molar-refractivity contribution is -0.142. The highest BCUT2D eigenvalue weighted by Gasteiger charge is 2.35. The van der Waals surface area contributed by atoms with Gasteiger partial charge in [-0.2, -0.15) is 0 Å². The third-order valence-electron chi connectivity index (χ3n) is 3.80. The van der Waals surface area contributed by atoms with Crippen LogP contribution in [-0.4, -0.2) is 76.4 Å². The number of likely N-dealkylation sites (N-methyl/N-ethyl adjacent to an activating group) is 1. The number of carbonyl (C=O) groups is 1. The highest BCUT2D eigenvalue weighted by Crippen LogP contribution is 2.16. The molecule has 3 heterocycles. The molecule has 1 atom stereocenters. The van der Waals surface area contributed by atoms with Crippen LogP contribution < -0.4 is 0 Å². The van der Waals surface area contributed by atoms with Crippen molar-refractivity contribution in [2.75, 3.05) is 39.8 Å². The normalized spacial score (nSPS) is 25.4. The number of carbonyl (C=O) groups excluding carboxylic acids is 1. The first-order valence-corrected chi connectivity index (χ1v) is 6.68. The van der Waals surface area contributed by atoms with E-state index in [1.54, 1.807) is 12.4 Å². The van der Waals surface area contributed by atoms with Crippen molar-refractivity contribution < 1.29 is 4.79 Å². The summed E-state index contributed by atoms with van der Waals surface area (Å²) in [7, 11) is 2.01. The van der Waals surface area contributed by atoms with Gasteiger partial charge >= 0.3 is 0 Å². The predicted octanol–water partition coefficient (Wildman–Crippen LogP) is -0.565. The van der Waals surface area contributed by atoms with Crippen LogP contribution in [0.1, 0.15) is 5.82 Å². The summed E-state index contributed by atoms with van der Waals surface area (Å²) in [6, 6.07) is 2.14. The van der Waals surface area contributed by atoms with Gasteiger partial charge in [0.1, 0.15) is 5.82 Å². The Morgan fingerprint density at radius 1 is 1.26 bits per heavy atom. The maximum Gasteiger partial charge on any atom is 0.237 e. The summed E-state index contributed by atoms with van der Waals surface area (Å²) in [5, 5.41) is 0. The standard InChI is InChI=1S/C13H19N5O/c1-16-7-11-8-17(5-6-18(11)13(19)10-16)9-12-14-3-2-4-15-12/h2-4,11H,5-10H2,1H3. The fourth-order valence-corrected chi connectivity index (χ4v) is 2.91. The maximum atomic E-state index is 11.9. The molecule has 1 unspecified atom stereocenters. The van der Waals surface area contributed by atoms with Gasteiger partial charge in [0.25, 0.3) is 0 Å². The van der Waals surface area contributed by atoms with E-state index in [9.17, 15) is 4.79 Å². The zero-order valence-electron chi connectivity index (χ0n) is 11.2. The minimum absolute atomic E-state index is 0.259. The van der Waals surface area contributed by atoms with Crippen LogP contribution in [0.4, 0.5) is 0 Å². The second-order valence-corrected chi connectivity index (χ2v) is 5.34. The van der Waals surface area contributed by atoms with Crippen LogP contribution in [0.5, 0.6) is 0 Å². The molecule has 0 N–H and O–H groups in total. The van der Waals surface area contributed by atoms with Gasteiger partial charge in [0.15, 0.2) is 0 Å². The van der Waals surface area contributed by atoms with Crippen molar-refractivity contribution in [3.8, 4) is 0 Å². The van der Waals surface area contributed by atoms with Gasteiger partial charge in [-0.25, -0.2) is 9.97 Å². The van der Waals surface area contributed by atoms with Crippen molar-refractivity contribution in [3.63, 3.8) is 0 Å². The Morgan fingerprint density at radius 3 is 2.84 bits per heavy atom. The molecule has 0 radical (unpaired) electrons. The molecule has 2 fully saturated rings. The van der Waals surface area contributed by atoms with Crippen LogP contribution in [-0.2, 0) is 11.3 Å². The molecular formula is C13H19N5O. The van der Waals surface area contributed by atoms with Gasteiger partial charge in [-0.3, -0.25) is 14.6 Å². The molecule has 2 saturated heterocycles. The molecule has 6 nitrogen and oxygen atoms in total. The summed E-state index contributed by atoms with van der Waals surface area (Å²) >= 11 is 0. The summed E-state index contributed by atoms with van der Waals surface area (Å²) in [4.78, 5) is 26.9. The average molecular weight is 261 g/mol. The lowest BCUT2D eigenvalue weighted by Crippen LogP contribution is -2.63. The number of hydrogen-bond acceptors (Lipinski definition) is 5. The quantitative estimate of drug-likeness (QED) is 0.714. The van der Waals surface area contributed by atoms with Crippen LogP contribution in [0.15, 0.2) is 18.5 Å². The maximum absolute atomic E-state index is 11.9. The van der Waals surface area contributed by atoms with Crippen LogP contribution in [0.25, 0.3) is 0 Å². The fourth-order valence-electron chi connectivity index (χ4n) is 2.91. The van der Waals surface area contributed by atoms with Crippen molar-refractivity contribution in [1.29, 1.82) is 0 Å². The Kier molecular flexibility index (Phi) is 3.44. The SMILES string of the molecule is CN1CC(=O)N2CCN(Cc3ncccn3)CC2C1. The summed E-state index contributed by atoms with van der Waals surface area (Å²) in [5.74, 6) is 1.11. The summed E-state index contributed by atoms with van der Waals surface area (Å²) < 4.78 is 0. The highest BCUT2D eigenvalue weighted by atomic mass is 16.2. The molecule has 3 rings (SSSR count). The third-order valence-corrected chi connectivity index (χ3v) is 3.80. The smallest absolute Gasteiger partial charge is 0.237 e. The van der Waals surface area contributed by atoms with Gasteiger partial charge in [-0.15, -0.1) is 0 Å². The Hall–Kier alpha value is -1.53. The molecule has 0 aromatic carbocycles. The average Bonchev–Trinajstić information content (AvgIpc) is 2.39. The molecule has 0 spiro atoms. The Balaban J connectivity index is 1.63. The molecule has 0 bridgehead atoms. The minimum Gasteiger partial charge on any atom is -0.335 e. The van der Waals surface area contributed by atoms with Gasteiger partial charge in [0.2, 0.25) is 5.91 Å². The Labute approximate surface area is 113 Å². The molecule has 1 amide bonds. The van der Waals surface area contributed by atoms with E-state index in [4.69, 9.17) is 0 Å². The van der Waals surface area contributed by atoms with E-state index in [-0.39, 0.29) is 5.91 Å². The van der Waals surface area contributed by atoms with Gasteiger partial charge < -0.3 is 4.90 Å². The molecule has 1 aromatic rings. The number of nitrogens with zero attached hydrogens (tertiary/aromatic N) is 5. The van der Waals surface area contributed by atoms with E-state index in [0.717, 1.165) is 38.5 Å². The number of rotatable bonds is 2. The summed E-state index contributed by atoms with van der Waals surface area (Å²) in [5.41, 5.74) is 0. The molecule has 1 aromatic heterocycles. The van der Waals surface area contributed by atoms with E-state index >= 15 is 0 Å². The predicted molar refractivity (Wildman–Crippen MR) is 70.3 cm³/mol. The second-order valence-electron chi connectivity index (χ2n) is 5.34. The molecule has 2 aliphatic rings. The van der Waals surface area contributed by atoms with E-state index < -0.39 is 0 Å². The lowest BCUT2D eigenvalue weighted by atomic mass is 10.1. The molecule has 6 heteroatoms. The largest absolute Gasteiger partial charge is 0.335 e. The second kappa shape index (κ2) is 5.22. The molecule has 0 aliphatic carbocycles. The number of aromatic nitrogens is 2. The van der Waals surface area contributed by atoms with E-state index in [2.05, 4.69) is 19.8 Å². The Morgan fingerprint density at radius 2 is 2.05 bits per heavy atom. The first kappa shape index (κ1) is 12.5. The van der Waals surface area contributed by atoms with Gasteiger partial charge in [0, 0.05) is 38.6 Å². The van der Waals surface area contributed by atoms with Crippen LogP contribution in [0, 0.1) is 0 Å². The van der Waals surface area contributed by atoms with Crippen molar-refractivity contribution in [1.82, 2.24) is 24.7 Å². The first-order chi connectivity index (χ1) is 9.22. The van der Waals surface area contributed by atoms with Crippen molar-refractivity contribution in [2.45, 2.75) is 12.6 Å². The summed E-state index contributed by atoms with van der Waals surface area (Å²) in [6.07, 6.45) is 3.55. The minimum atomic E-state index is 0.259. The number of fused-ring (bicyclic) bond motifs is 1. The van der Waals surface area contributed by atoms with E-state index in [0.29, 0.717) is 12.6 Å². The summed E-state index contributed by atoms with van der Waals surface area (Å²) in [6.45, 7) is 4.92. The first-order valence-electron chi connectivity index (χ1n) is 6.68. The van der Waals surface area contributed by atoms with Crippen LogP contribution in [0.2, 0.25) is 0 Å². The van der Waals surface area contributed by atoms with E-state index in [1.165, 1.54) is 0 Å². The van der Waals surface area contributed by atoms with Crippen molar-refractivity contribution in [3.05, 3.63) is 24.3 Å². The van der Waals surface area contributed by atoms with Crippen molar-refractivity contribution >= 4 is 5.91 Å². The van der Waals surface area contributed by atoms with Gasteiger partial charge in [0.05, 0.1) is 19.1 Å².